The number of carbonyl (C=O) groups is 2. The molecule has 4 aliphatic rings. The van der Waals surface area contributed by atoms with Gasteiger partial charge in [-0.25, -0.2) is 0 Å². The van der Waals surface area contributed by atoms with Gasteiger partial charge in [-0.15, -0.1) is 6.58 Å². The summed E-state index contributed by atoms with van der Waals surface area (Å²) in [5.74, 6) is 1.11. The van der Waals surface area contributed by atoms with E-state index in [9.17, 15) is 14.7 Å². The quantitative estimate of drug-likeness (QED) is 0.143. The molecule has 1 saturated carbocycles. The second kappa shape index (κ2) is 12.4. The summed E-state index contributed by atoms with van der Waals surface area (Å²) in [5.41, 5.74) is 3.00. The third-order valence-electron chi connectivity index (χ3n) is 10.7. The highest BCUT2D eigenvalue weighted by Crippen LogP contribution is 2.65. The van der Waals surface area contributed by atoms with Gasteiger partial charge in [0.2, 0.25) is 5.91 Å². The fraction of sp³-hybridized carbons (Fsp3) is 0.556. The molecule has 1 N–H and O–H groups in total. The van der Waals surface area contributed by atoms with Crippen LogP contribution in [0.4, 0.5) is 0 Å². The first kappa shape index (κ1) is 29.7. The number of aryl methyl sites for hydroxylation is 1. The number of piperidine rings is 1. The number of esters is 1. The zero-order chi connectivity index (χ0) is 30.1. The van der Waals surface area contributed by atoms with E-state index in [0.717, 1.165) is 75.6 Å². The Morgan fingerprint density at radius 2 is 1.93 bits per heavy atom. The molecule has 2 aliphatic carbocycles. The molecule has 5 atom stereocenters. The van der Waals surface area contributed by atoms with Gasteiger partial charge in [0.05, 0.1) is 6.04 Å². The minimum atomic E-state index is -0.443. The summed E-state index contributed by atoms with van der Waals surface area (Å²) in [6.45, 7) is 7.08. The Morgan fingerprint density at radius 1 is 1.16 bits per heavy atom. The van der Waals surface area contributed by atoms with Crippen molar-refractivity contribution in [2.45, 2.75) is 101 Å². The number of rotatable bonds is 12. The van der Waals surface area contributed by atoms with E-state index in [0.29, 0.717) is 23.8 Å². The van der Waals surface area contributed by atoms with Crippen molar-refractivity contribution >= 4 is 11.9 Å². The summed E-state index contributed by atoms with van der Waals surface area (Å²) in [4.78, 5) is 30.0. The maximum absolute atomic E-state index is 13.6. The average molecular weight is 587 g/mol. The molecule has 2 fully saturated rings. The average Bonchev–Trinajstić information content (AvgIpc) is 3.34. The molecule has 43 heavy (non-hydrogen) atoms. The number of hydrogen-bond acceptors (Lipinski definition) is 6. The number of nitrogens with zero attached hydrogens (tertiary/aromatic N) is 2. The maximum atomic E-state index is 13.6. The van der Waals surface area contributed by atoms with Crippen LogP contribution in [0.2, 0.25) is 0 Å². The van der Waals surface area contributed by atoms with Gasteiger partial charge in [-0.1, -0.05) is 55.7 Å². The second-order valence-corrected chi connectivity index (χ2v) is 13.1. The van der Waals surface area contributed by atoms with Crippen LogP contribution in [0.5, 0.6) is 17.2 Å². The third-order valence-corrected chi connectivity index (χ3v) is 10.7. The van der Waals surface area contributed by atoms with Crippen molar-refractivity contribution in [2.75, 3.05) is 20.1 Å². The van der Waals surface area contributed by atoms with Crippen LogP contribution in [-0.4, -0.2) is 65.1 Å². The van der Waals surface area contributed by atoms with Gasteiger partial charge in [0, 0.05) is 55.6 Å². The number of likely N-dealkylation sites (tertiary alicyclic amines) is 1. The van der Waals surface area contributed by atoms with Crippen LogP contribution in [0.3, 0.4) is 0 Å². The molecule has 1 amide bonds. The molecular weight excluding hydrogens is 540 g/mol. The van der Waals surface area contributed by atoms with Crippen LogP contribution in [0, 0.1) is 5.92 Å². The number of hydrogen-bond donors (Lipinski definition) is 1. The first-order valence-corrected chi connectivity index (χ1v) is 16.2. The minimum Gasteiger partial charge on any atom is -0.508 e. The number of unbranched alkanes of at least 4 members (excludes halogenated alkanes) is 4. The number of phenolic OH excluding ortho intramolecular Hbond substituents is 1. The first-order chi connectivity index (χ1) is 20.8. The summed E-state index contributed by atoms with van der Waals surface area (Å²) in [5, 5.41) is 11.2. The molecule has 1 saturated heterocycles. The van der Waals surface area contributed by atoms with Gasteiger partial charge in [-0.05, 0) is 63.0 Å². The lowest BCUT2D eigenvalue weighted by Gasteiger charge is -2.60. The normalized spacial score (nSPS) is 26.7. The van der Waals surface area contributed by atoms with Gasteiger partial charge < -0.3 is 19.5 Å². The molecular formula is C36H46N2O5. The summed E-state index contributed by atoms with van der Waals surface area (Å²) >= 11 is 0. The smallest absolute Gasteiger partial charge is 0.308 e. The molecule has 7 heteroatoms. The number of aromatic hydroxyl groups is 1. The van der Waals surface area contributed by atoms with E-state index in [4.69, 9.17) is 9.47 Å². The van der Waals surface area contributed by atoms with Gasteiger partial charge in [-0.2, -0.15) is 0 Å². The lowest BCUT2D eigenvalue weighted by Crippen LogP contribution is -2.68. The number of ether oxygens (including phenoxy) is 2. The molecule has 0 unspecified atom stereocenters. The molecule has 2 aromatic rings. The number of benzene rings is 2. The van der Waals surface area contributed by atoms with Crippen LogP contribution >= 0.6 is 0 Å². The highest BCUT2D eigenvalue weighted by molar-refractivity contribution is 5.77. The van der Waals surface area contributed by atoms with Crippen molar-refractivity contribution in [1.82, 2.24) is 9.80 Å². The topological polar surface area (TPSA) is 79.3 Å². The predicted molar refractivity (Wildman–Crippen MR) is 167 cm³/mol. The van der Waals surface area contributed by atoms with Crippen molar-refractivity contribution in [3.63, 3.8) is 0 Å². The van der Waals surface area contributed by atoms with E-state index in [1.807, 2.05) is 18.0 Å². The van der Waals surface area contributed by atoms with Crippen molar-refractivity contribution < 1.29 is 24.2 Å². The van der Waals surface area contributed by atoms with Crippen molar-refractivity contribution in [3.05, 3.63) is 65.7 Å². The van der Waals surface area contributed by atoms with E-state index in [1.54, 1.807) is 6.07 Å². The summed E-state index contributed by atoms with van der Waals surface area (Å²) in [6, 6.07) is 12.4. The van der Waals surface area contributed by atoms with E-state index >= 15 is 0 Å². The Kier molecular flexibility index (Phi) is 8.54. The van der Waals surface area contributed by atoms with Crippen LogP contribution in [0.1, 0.15) is 81.4 Å². The molecule has 7 nitrogen and oxygen atoms in total. The number of carbonyl (C=O) groups excluding carboxylic acids is 2. The van der Waals surface area contributed by atoms with Crippen LogP contribution in [0.25, 0.3) is 0 Å². The lowest BCUT2D eigenvalue weighted by atomic mass is 9.51. The molecule has 6 rings (SSSR count). The number of amides is 1. The SMILES string of the molecule is C=CCN1CC[C@]23c4c5c(O)cc(OC(C)=O)c4O[C@H]2[C@H](N(C)C(=O)CCCCCCCc2ccccc2)CC[C@H]3[C@H]1C5. The molecule has 1 spiro atoms. The second-order valence-electron chi connectivity index (χ2n) is 13.1. The fourth-order valence-corrected chi connectivity index (χ4v) is 8.81. The Bertz CT molecular complexity index is 1360. The zero-order valence-electron chi connectivity index (χ0n) is 25.7. The standard InChI is InChI=1S/C36H46N2O5/c1-4-20-38-21-19-36-27-17-18-28(37(3)32(41)16-12-7-5-6-9-13-25-14-10-8-11-15-25)35(36)43-34-31(42-24(2)39)23-30(40)26(33(34)36)22-29(27)38/h4,8,10-11,14-15,23,27-29,35,40H,1,5-7,9,12-13,16-22H2,2-3H3/t27-,28+,29+,35-,36-/m0/s1. The predicted octanol–water partition coefficient (Wildman–Crippen LogP) is 5.95. The highest BCUT2D eigenvalue weighted by Gasteiger charge is 2.67. The minimum absolute atomic E-state index is 0.0769. The molecule has 2 bridgehead atoms. The Balaban J connectivity index is 1.16. The van der Waals surface area contributed by atoms with Gasteiger partial charge in [-0.3, -0.25) is 14.5 Å². The van der Waals surface area contributed by atoms with E-state index in [1.165, 1.54) is 25.3 Å². The van der Waals surface area contributed by atoms with Crippen molar-refractivity contribution in [2.24, 2.45) is 5.92 Å². The van der Waals surface area contributed by atoms with Gasteiger partial charge in [0.1, 0.15) is 11.9 Å². The van der Waals surface area contributed by atoms with Crippen molar-refractivity contribution in [1.29, 1.82) is 0 Å². The van der Waals surface area contributed by atoms with E-state index in [2.05, 4.69) is 41.8 Å². The van der Waals surface area contributed by atoms with Gasteiger partial charge >= 0.3 is 5.97 Å². The van der Waals surface area contributed by atoms with Crippen LogP contribution in [0.15, 0.2) is 49.1 Å². The number of likely N-dealkylation sites (N-methyl/N-ethyl adjacent to an activating group) is 1. The number of phenols is 1. The van der Waals surface area contributed by atoms with Crippen LogP contribution in [-0.2, 0) is 27.8 Å². The molecule has 0 aromatic heterocycles. The van der Waals surface area contributed by atoms with Gasteiger partial charge in [0.15, 0.2) is 11.5 Å². The van der Waals surface area contributed by atoms with Gasteiger partial charge in [0.25, 0.3) is 0 Å². The highest BCUT2D eigenvalue weighted by atomic mass is 16.6. The maximum Gasteiger partial charge on any atom is 0.308 e. The Morgan fingerprint density at radius 3 is 2.70 bits per heavy atom. The largest absolute Gasteiger partial charge is 0.508 e. The summed E-state index contributed by atoms with van der Waals surface area (Å²) < 4.78 is 12.4. The Labute approximate surface area is 255 Å². The third kappa shape index (κ3) is 5.34. The first-order valence-electron chi connectivity index (χ1n) is 16.2. The van der Waals surface area contributed by atoms with Crippen LogP contribution < -0.4 is 9.47 Å². The van der Waals surface area contributed by atoms with E-state index in [-0.39, 0.29) is 35.3 Å². The summed E-state index contributed by atoms with van der Waals surface area (Å²) in [6.07, 6.45) is 12.3. The Hall–Kier alpha value is -3.32. The fourth-order valence-electron chi connectivity index (χ4n) is 8.81. The monoisotopic (exact) mass is 586 g/mol. The lowest BCUT2D eigenvalue weighted by molar-refractivity contribution is -0.140. The molecule has 0 radical (unpaired) electrons. The molecule has 2 heterocycles. The molecule has 2 aliphatic heterocycles. The van der Waals surface area contributed by atoms with Crippen molar-refractivity contribution in [3.8, 4) is 17.2 Å². The zero-order valence-corrected chi connectivity index (χ0v) is 25.7. The van der Waals surface area contributed by atoms with E-state index < -0.39 is 5.97 Å². The molecule has 230 valence electrons. The molecule has 2 aromatic carbocycles. The summed E-state index contributed by atoms with van der Waals surface area (Å²) in [7, 11) is 1.94.